The first-order chi connectivity index (χ1) is 12.9. The number of aromatic nitrogens is 4. The first-order valence-corrected chi connectivity index (χ1v) is 8.62. The summed E-state index contributed by atoms with van der Waals surface area (Å²) in [5.41, 5.74) is -0.702. The number of imidazole rings is 1. The van der Waals surface area contributed by atoms with E-state index in [1.54, 1.807) is 23.0 Å². The lowest BCUT2D eigenvalue weighted by atomic mass is 10.3. The molecule has 3 rings (SSSR count). The van der Waals surface area contributed by atoms with Crippen LogP contribution in [-0.4, -0.2) is 43.0 Å². The van der Waals surface area contributed by atoms with Gasteiger partial charge in [-0.15, -0.1) is 0 Å². The van der Waals surface area contributed by atoms with Crippen molar-refractivity contribution in [2.45, 2.75) is 39.1 Å². The van der Waals surface area contributed by atoms with E-state index in [0.717, 1.165) is 0 Å². The van der Waals surface area contributed by atoms with Gasteiger partial charge in [0.05, 0.1) is 38.2 Å². The maximum Gasteiger partial charge on any atom is 0.329 e. The Hall–Kier alpha value is -2.85. The van der Waals surface area contributed by atoms with Gasteiger partial charge in [0.1, 0.15) is 5.76 Å². The highest BCUT2D eigenvalue weighted by Crippen LogP contribution is 2.17. The van der Waals surface area contributed by atoms with Crippen LogP contribution in [0, 0.1) is 0 Å². The van der Waals surface area contributed by atoms with Crippen molar-refractivity contribution in [3.8, 4) is 0 Å². The maximum atomic E-state index is 12.4. The fourth-order valence-electron chi connectivity index (χ4n) is 2.69. The zero-order chi connectivity index (χ0) is 19.6. The van der Waals surface area contributed by atoms with E-state index in [0.29, 0.717) is 18.3 Å². The van der Waals surface area contributed by atoms with Gasteiger partial charge in [0.2, 0.25) is 5.95 Å². The summed E-state index contributed by atoms with van der Waals surface area (Å²) in [4.78, 5) is 30.9. The standard InChI is InChI=1S/C17H23N5O5/c1-10(2)27-9-11(23)8-22-13-14(21(3)17(25)20-15(13)24)19-16(22)18-7-12-5-4-6-26-12/h4-6,10-11,23H,7-9H2,1-3H3,(H,18,19)(H,20,24,25). The SMILES string of the molecule is CC(C)OCC(O)Cn1c(NCc2ccco2)nc2c1c(=O)[nH]c(=O)n2C. The molecule has 10 heteroatoms. The van der Waals surface area contributed by atoms with Crippen LogP contribution >= 0.6 is 0 Å². The number of aliphatic hydroxyl groups is 1. The van der Waals surface area contributed by atoms with Crippen LogP contribution < -0.4 is 16.6 Å². The fourth-order valence-corrected chi connectivity index (χ4v) is 2.69. The third-order valence-electron chi connectivity index (χ3n) is 4.02. The van der Waals surface area contributed by atoms with E-state index in [4.69, 9.17) is 9.15 Å². The second-order valence-electron chi connectivity index (χ2n) is 6.51. The van der Waals surface area contributed by atoms with Crippen molar-refractivity contribution in [2.75, 3.05) is 11.9 Å². The quantitative estimate of drug-likeness (QED) is 0.519. The molecular formula is C17H23N5O5. The fraction of sp³-hybridized carbons (Fsp3) is 0.471. The number of anilines is 1. The third-order valence-corrected chi connectivity index (χ3v) is 4.02. The summed E-state index contributed by atoms with van der Waals surface area (Å²) in [6, 6.07) is 3.56. The Bertz CT molecular complexity index is 1010. The molecule has 10 nitrogen and oxygen atoms in total. The Morgan fingerprint density at radius 3 is 2.85 bits per heavy atom. The average Bonchev–Trinajstić information content (AvgIpc) is 3.24. The zero-order valence-electron chi connectivity index (χ0n) is 15.4. The van der Waals surface area contributed by atoms with Gasteiger partial charge in [-0.05, 0) is 26.0 Å². The number of hydrogen-bond donors (Lipinski definition) is 3. The van der Waals surface area contributed by atoms with E-state index in [1.165, 1.54) is 11.6 Å². The summed E-state index contributed by atoms with van der Waals surface area (Å²) >= 11 is 0. The number of hydrogen-bond acceptors (Lipinski definition) is 7. The molecule has 0 spiro atoms. The number of rotatable bonds is 8. The molecule has 27 heavy (non-hydrogen) atoms. The molecule has 0 aliphatic carbocycles. The molecule has 0 amide bonds. The lowest BCUT2D eigenvalue weighted by Crippen LogP contribution is -2.30. The van der Waals surface area contributed by atoms with Crippen LogP contribution in [0.3, 0.4) is 0 Å². The molecular weight excluding hydrogens is 354 g/mol. The topological polar surface area (TPSA) is 127 Å². The van der Waals surface area contributed by atoms with Crippen LogP contribution in [0.2, 0.25) is 0 Å². The molecule has 0 saturated heterocycles. The van der Waals surface area contributed by atoms with Crippen LogP contribution in [0.25, 0.3) is 11.2 Å². The molecule has 3 heterocycles. The number of furan rings is 1. The average molecular weight is 377 g/mol. The zero-order valence-corrected chi connectivity index (χ0v) is 15.4. The molecule has 3 aromatic heterocycles. The molecule has 146 valence electrons. The van der Waals surface area contributed by atoms with E-state index < -0.39 is 17.4 Å². The molecule has 3 aromatic rings. The number of aromatic amines is 1. The molecule has 0 aromatic carbocycles. The highest BCUT2D eigenvalue weighted by atomic mass is 16.5. The molecule has 0 saturated carbocycles. The van der Waals surface area contributed by atoms with Gasteiger partial charge in [0.25, 0.3) is 5.56 Å². The number of fused-ring (bicyclic) bond motifs is 1. The van der Waals surface area contributed by atoms with Crippen molar-refractivity contribution in [1.29, 1.82) is 0 Å². The summed E-state index contributed by atoms with van der Waals surface area (Å²) in [7, 11) is 1.52. The second kappa shape index (κ2) is 7.80. The van der Waals surface area contributed by atoms with Crippen LogP contribution in [0.15, 0.2) is 32.4 Å². The number of H-pyrrole nitrogens is 1. The number of nitrogens with zero attached hydrogens (tertiary/aromatic N) is 3. The Kier molecular flexibility index (Phi) is 5.47. The summed E-state index contributed by atoms with van der Waals surface area (Å²) in [6.45, 7) is 4.26. The number of nitrogens with one attached hydrogen (secondary N) is 2. The minimum atomic E-state index is -0.856. The van der Waals surface area contributed by atoms with E-state index in [-0.39, 0.29) is 30.4 Å². The molecule has 0 aliphatic heterocycles. The third kappa shape index (κ3) is 4.12. The minimum absolute atomic E-state index is 0.0278. The first-order valence-electron chi connectivity index (χ1n) is 8.62. The number of aliphatic hydroxyl groups excluding tert-OH is 1. The van der Waals surface area contributed by atoms with Crippen molar-refractivity contribution in [3.05, 3.63) is 45.0 Å². The van der Waals surface area contributed by atoms with Crippen LogP contribution in [0.4, 0.5) is 5.95 Å². The minimum Gasteiger partial charge on any atom is -0.467 e. The van der Waals surface area contributed by atoms with E-state index in [9.17, 15) is 14.7 Å². The molecule has 0 aliphatic rings. The van der Waals surface area contributed by atoms with Crippen molar-refractivity contribution in [3.63, 3.8) is 0 Å². The molecule has 1 unspecified atom stereocenters. The Balaban J connectivity index is 1.98. The van der Waals surface area contributed by atoms with Gasteiger partial charge in [0.15, 0.2) is 11.2 Å². The van der Waals surface area contributed by atoms with Crippen molar-refractivity contribution >= 4 is 17.1 Å². The summed E-state index contributed by atoms with van der Waals surface area (Å²) in [5.74, 6) is 1.02. The Labute approximate surface area is 154 Å². The van der Waals surface area contributed by atoms with Crippen LogP contribution in [0.5, 0.6) is 0 Å². The van der Waals surface area contributed by atoms with Gasteiger partial charge in [-0.25, -0.2) is 4.79 Å². The summed E-state index contributed by atoms with van der Waals surface area (Å²) in [5, 5.41) is 13.4. The largest absolute Gasteiger partial charge is 0.467 e. The van der Waals surface area contributed by atoms with E-state index in [2.05, 4.69) is 15.3 Å². The van der Waals surface area contributed by atoms with Crippen LogP contribution in [-0.2, 0) is 24.9 Å². The molecule has 0 radical (unpaired) electrons. The predicted molar refractivity (Wildman–Crippen MR) is 98.7 cm³/mol. The normalized spacial score (nSPS) is 12.8. The first kappa shape index (κ1) is 18.9. The smallest absolute Gasteiger partial charge is 0.329 e. The van der Waals surface area contributed by atoms with Crippen molar-refractivity contribution in [2.24, 2.45) is 7.05 Å². The molecule has 0 bridgehead atoms. The summed E-state index contributed by atoms with van der Waals surface area (Å²) in [6.07, 6.45) is 0.673. The number of ether oxygens (including phenoxy) is 1. The predicted octanol–water partition coefficient (Wildman–Crippen LogP) is 0.414. The maximum absolute atomic E-state index is 12.4. The van der Waals surface area contributed by atoms with Crippen LogP contribution in [0.1, 0.15) is 19.6 Å². The van der Waals surface area contributed by atoms with E-state index >= 15 is 0 Å². The van der Waals surface area contributed by atoms with Crippen molar-refractivity contribution in [1.82, 2.24) is 19.1 Å². The van der Waals surface area contributed by atoms with Crippen molar-refractivity contribution < 1.29 is 14.3 Å². The lowest BCUT2D eigenvalue weighted by Gasteiger charge is -2.16. The Morgan fingerprint density at radius 1 is 1.41 bits per heavy atom. The lowest BCUT2D eigenvalue weighted by molar-refractivity contribution is -0.000109. The molecule has 1 atom stereocenters. The van der Waals surface area contributed by atoms with E-state index in [1.807, 2.05) is 13.8 Å². The van der Waals surface area contributed by atoms with Gasteiger partial charge in [-0.1, -0.05) is 0 Å². The monoisotopic (exact) mass is 377 g/mol. The second-order valence-corrected chi connectivity index (χ2v) is 6.51. The highest BCUT2D eigenvalue weighted by Gasteiger charge is 2.20. The summed E-state index contributed by atoms with van der Waals surface area (Å²) < 4.78 is 13.5. The van der Waals surface area contributed by atoms with Gasteiger partial charge in [0, 0.05) is 7.05 Å². The molecule has 3 N–H and O–H groups in total. The van der Waals surface area contributed by atoms with Gasteiger partial charge in [-0.2, -0.15) is 4.98 Å². The molecule has 0 fully saturated rings. The Morgan fingerprint density at radius 2 is 2.19 bits per heavy atom. The van der Waals surface area contributed by atoms with Gasteiger partial charge >= 0.3 is 5.69 Å². The van der Waals surface area contributed by atoms with Gasteiger partial charge in [-0.3, -0.25) is 14.3 Å². The highest BCUT2D eigenvalue weighted by molar-refractivity contribution is 5.74. The number of aryl methyl sites for hydroxylation is 1. The van der Waals surface area contributed by atoms with Gasteiger partial charge < -0.3 is 24.1 Å².